The molecule has 0 aliphatic heterocycles. The summed E-state index contributed by atoms with van der Waals surface area (Å²) >= 11 is 1.41. The zero-order valence-corrected chi connectivity index (χ0v) is 17.0. The lowest BCUT2D eigenvalue weighted by molar-refractivity contribution is 0.101. The average Bonchev–Trinajstić information content (AvgIpc) is 2.73. The monoisotopic (exact) mass is 425 g/mol. The molecule has 0 aliphatic carbocycles. The van der Waals surface area contributed by atoms with Gasteiger partial charge in [0, 0.05) is 18.2 Å². The molecule has 0 unspecified atom stereocenters. The van der Waals surface area contributed by atoms with E-state index >= 15 is 0 Å². The Morgan fingerprint density at radius 2 is 1.90 bits per heavy atom. The van der Waals surface area contributed by atoms with Crippen molar-refractivity contribution in [1.29, 1.82) is 0 Å². The second-order valence-corrected chi connectivity index (χ2v) is 7.02. The maximum atomic E-state index is 13.7. The summed E-state index contributed by atoms with van der Waals surface area (Å²) in [6.07, 6.45) is 4.33. The van der Waals surface area contributed by atoms with Crippen molar-refractivity contribution in [2.45, 2.75) is 6.92 Å². The normalized spacial score (nSPS) is 11.3. The van der Waals surface area contributed by atoms with Gasteiger partial charge in [-0.25, -0.2) is 13.8 Å². The Labute approximate surface area is 176 Å². The van der Waals surface area contributed by atoms with Gasteiger partial charge in [0.1, 0.15) is 10.6 Å². The van der Waals surface area contributed by atoms with E-state index in [0.29, 0.717) is 5.69 Å². The van der Waals surface area contributed by atoms with Crippen LogP contribution in [0.2, 0.25) is 0 Å². The highest BCUT2D eigenvalue weighted by atomic mass is 32.2. The number of hydrogen-bond acceptors (Lipinski definition) is 6. The third kappa shape index (κ3) is 4.57. The first-order valence-corrected chi connectivity index (χ1v) is 9.60. The van der Waals surface area contributed by atoms with Crippen LogP contribution in [0.5, 0.6) is 0 Å². The molecule has 1 N–H and O–H groups in total. The van der Waals surface area contributed by atoms with E-state index in [1.807, 2.05) is 25.1 Å². The lowest BCUT2D eigenvalue weighted by Gasteiger charge is -2.10. The van der Waals surface area contributed by atoms with Gasteiger partial charge in [0.05, 0.1) is 30.5 Å². The van der Waals surface area contributed by atoms with Crippen molar-refractivity contribution in [2.24, 2.45) is 4.99 Å². The molecule has 3 rings (SSSR count). The molecule has 152 valence electrons. The van der Waals surface area contributed by atoms with E-state index in [1.54, 1.807) is 12.5 Å². The minimum Gasteiger partial charge on any atom is -0.305 e. The molecule has 1 amide bonds. The molecule has 0 fully saturated rings. The molecular weight excluding hydrogens is 408 g/mol. The maximum absolute atomic E-state index is 13.7. The zero-order chi connectivity index (χ0) is 21.7. The lowest BCUT2D eigenvalue weighted by atomic mass is 10.0. The van der Waals surface area contributed by atoms with Gasteiger partial charge in [0.2, 0.25) is 0 Å². The summed E-state index contributed by atoms with van der Waals surface area (Å²) in [5.74, 6) is -3.03. The quantitative estimate of drug-likeness (QED) is 0.476. The average molecular weight is 425 g/mol. The SMILES string of the molecule is C=CSC(=NC)c1ccc(C)c(-c2cnc(NC(=O)c3c(F)cncc3F)cn2)c1. The van der Waals surface area contributed by atoms with Gasteiger partial charge in [-0.05, 0) is 24.0 Å². The molecular formula is C21H17F2N5OS. The van der Waals surface area contributed by atoms with Gasteiger partial charge in [0.25, 0.3) is 5.91 Å². The standard InChI is InChI=1S/C21H17F2N5OS/c1-4-30-21(24-3)13-6-5-12(2)14(7-13)17-10-27-18(11-26-17)28-20(29)19-15(22)8-25-9-16(19)23/h4-11H,1H2,2-3H3,(H,27,28,29). The predicted octanol–water partition coefficient (Wildman–Crippen LogP) is 4.63. The van der Waals surface area contributed by atoms with Crippen LogP contribution in [0, 0.1) is 18.6 Å². The summed E-state index contributed by atoms with van der Waals surface area (Å²) in [7, 11) is 1.71. The first kappa shape index (κ1) is 21.3. The van der Waals surface area contributed by atoms with Gasteiger partial charge in [-0.1, -0.05) is 30.5 Å². The predicted molar refractivity (Wildman–Crippen MR) is 115 cm³/mol. The highest BCUT2D eigenvalue weighted by molar-refractivity contribution is 8.16. The van der Waals surface area contributed by atoms with E-state index in [1.165, 1.54) is 24.2 Å². The highest BCUT2D eigenvalue weighted by Crippen LogP contribution is 2.25. The van der Waals surface area contributed by atoms with Crippen molar-refractivity contribution in [3.05, 3.63) is 83.3 Å². The molecule has 2 aromatic heterocycles. The smallest absolute Gasteiger partial charge is 0.262 e. The largest absolute Gasteiger partial charge is 0.305 e. The molecule has 0 atom stereocenters. The zero-order valence-electron chi connectivity index (χ0n) is 16.2. The number of carbonyl (C=O) groups excluding carboxylic acids is 1. The van der Waals surface area contributed by atoms with Gasteiger partial charge in [0.15, 0.2) is 17.5 Å². The van der Waals surface area contributed by atoms with Crippen molar-refractivity contribution in [2.75, 3.05) is 12.4 Å². The van der Waals surface area contributed by atoms with Crippen LogP contribution in [0.3, 0.4) is 0 Å². The van der Waals surface area contributed by atoms with Crippen LogP contribution < -0.4 is 5.32 Å². The van der Waals surface area contributed by atoms with Crippen molar-refractivity contribution < 1.29 is 13.6 Å². The Bertz CT molecular complexity index is 1110. The molecule has 2 heterocycles. The summed E-state index contributed by atoms with van der Waals surface area (Å²) in [6, 6.07) is 5.85. The minimum absolute atomic E-state index is 0.0613. The fourth-order valence-electron chi connectivity index (χ4n) is 2.70. The summed E-state index contributed by atoms with van der Waals surface area (Å²) in [6.45, 7) is 5.65. The number of benzene rings is 1. The number of nitrogens with one attached hydrogen (secondary N) is 1. The molecule has 0 bridgehead atoms. The van der Waals surface area contributed by atoms with E-state index in [4.69, 9.17) is 0 Å². The molecule has 0 radical (unpaired) electrons. The van der Waals surface area contributed by atoms with Gasteiger partial charge < -0.3 is 5.32 Å². The Kier molecular flexibility index (Phi) is 6.63. The summed E-state index contributed by atoms with van der Waals surface area (Å²) < 4.78 is 27.4. The van der Waals surface area contributed by atoms with Crippen molar-refractivity contribution in [3.63, 3.8) is 0 Å². The molecule has 1 aromatic carbocycles. The number of hydrogen-bond donors (Lipinski definition) is 1. The van der Waals surface area contributed by atoms with E-state index in [0.717, 1.165) is 34.1 Å². The fourth-order valence-corrected chi connectivity index (χ4v) is 3.22. The van der Waals surface area contributed by atoms with Gasteiger partial charge in [-0.3, -0.25) is 19.8 Å². The van der Waals surface area contributed by atoms with Crippen molar-refractivity contribution in [3.8, 4) is 11.3 Å². The number of aryl methyl sites for hydroxylation is 1. The summed E-state index contributed by atoms with van der Waals surface area (Å²) in [4.78, 5) is 28.3. The highest BCUT2D eigenvalue weighted by Gasteiger charge is 2.18. The Hall–Kier alpha value is -3.46. The van der Waals surface area contributed by atoms with Crippen LogP contribution in [0.25, 0.3) is 11.3 Å². The van der Waals surface area contributed by atoms with E-state index in [9.17, 15) is 13.6 Å². The second-order valence-electron chi connectivity index (χ2n) is 6.06. The minimum atomic E-state index is -1.06. The maximum Gasteiger partial charge on any atom is 0.262 e. The number of nitrogens with zero attached hydrogens (tertiary/aromatic N) is 4. The molecule has 6 nitrogen and oxygen atoms in total. The second kappa shape index (κ2) is 9.36. The van der Waals surface area contributed by atoms with Crippen LogP contribution in [-0.2, 0) is 0 Å². The number of aliphatic imine (C=N–C) groups is 1. The topological polar surface area (TPSA) is 80.1 Å². The fraction of sp³-hybridized carbons (Fsp3) is 0.0952. The lowest BCUT2D eigenvalue weighted by Crippen LogP contribution is -2.17. The van der Waals surface area contributed by atoms with E-state index in [2.05, 4.69) is 31.8 Å². The molecule has 0 spiro atoms. The molecule has 30 heavy (non-hydrogen) atoms. The number of carbonyl (C=O) groups is 1. The van der Waals surface area contributed by atoms with E-state index < -0.39 is 23.1 Å². The Balaban J connectivity index is 1.86. The van der Waals surface area contributed by atoms with Crippen LogP contribution in [0.1, 0.15) is 21.5 Å². The molecule has 9 heteroatoms. The Morgan fingerprint density at radius 3 is 2.50 bits per heavy atom. The number of pyridine rings is 1. The van der Waals surface area contributed by atoms with Gasteiger partial charge >= 0.3 is 0 Å². The van der Waals surface area contributed by atoms with Crippen LogP contribution >= 0.6 is 11.8 Å². The number of thioether (sulfide) groups is 1. The Morgan fingerprint density at radius 1 is 1.17 bits per heavy atom. The molecule has 0 saturated carbocycles. The molecule has 0 aliphatic rings. The van der Waals surface area contributed by atoms with Crippen molar-refractivity contribution in [1.82, 2.24) is 15.0 Å². The number of amides is 1. The third-order valence-electron chi connectivity index (χ3n) is 4.13. The summed E-state index contributed by atoms with van der Waals surface area (Å²) in [5, 5.41) is 4.85. The first-order valence-electron chi connectivity index (χ1n) is 8.72. The number of aromatic nitrogens is 3. The van der Waals surface area contributed by atoms with Crippen LogP contribution in [-0.4, -0.2) is 33.0 Å². The number of rotatable bonds is 5. The summed E-state index contributed by atoms with van der Waals surface area (Å²) in [5.41, 5.74) is 2.57. The van der Waals surface area contributed by atoms with Crippen molar-refractivity contribution >= 4 is 28.5 Å². The van der Waals surface area contributed by atoms with Gasteiger partial charge in [-0.15, -0.1) is 0 Å². The van der Waals surface area contributed by atoms with Gasteiger partial charge in [-0.2, -0.15) is 0 Å². The first-order chi connectivity index (χ1) is 14.4. The molecule has 0 saturated heterocycles. The molecule has 3 aromatic rings. The van der Waals surface area contributed by atoms with Crippen LogP contribution in [0.15, 0.2) is 60.0 Å². The van der Waals surface area contributed by atoms with E-state index in [-0.39, 0.29) is 5.82 Å². The van der Waals surface area contributed by atoms with Crippen LogP contribution in [0.4, 0.5) is 14.6 Å². The number of halogens is 2. The number of anilines is 1. The third-order valence-corrected chi connectivity index (χ3v) is 4.94.